The number of halogens is 2. The van der Waals surface area contributed by atoms with Gasteiger partial charge in [-0.15, -0.1) is 24.0 Å². The van der Waals surface area contributed by atoms with Gasteiger partial charge in [-0.3, -0.25) is 4.90 Å². The average Bonchev–Trinajstić information content (AvgIpc) is 3.19. The van der Waals surface area contributed by atoms with E-state index in [1.54, 1.807) is 6.26 Å². The summed E-state index contributed by atoms with van der Waals surface area (Å²) in [5.41, 5.74) is 0.973. The third-order valence-corrected chi connectivity index (χ3v) is 4.75. The Morgan fingerprint density at radius 3 is 2.76 bits per heavy atom. The summed E-state index contributed by atoms with van der Waals surface area (Å²) in [7, 11) is 0. The fourth-order valence-electron chi connectivity index (χ4n) is 3.12. The second-order valence-electron chi connectivity index (χ2n) is 6.83. The molecule has 1 aliphatic rings. The second-order valence-corrected chi connectivity index (χ2v) is 7.27. The van der Waals surface area contributed by atoms with E-state index in [0.29, 0.717) is 11.6 Å². The van der Waals surface area contributed by atoms with Crippen LogP contribution in [0.1, 0.15) is 19.5 Å². The molecule has 1 atom stereocenters. The molecule has 1 N–H and O–H groups in total. The number of aromatic nitrogens is 1. The van der Waals surface area contributed by atoms with E-state index in [4.69, 9.17) is 25.9 Å². The summed E-state index contributed by atoms with van der Waals surface area (Å²) in [6.07, 6.45) is 1.58. The van der Waals surface area contributed by atoms with Crippen LogP contribution in [0.25, 0.3) is 0 Å². The van der Waals surface area contributed by atoms with Gasteiger partial charge < -0.3 is 19.5 Å². The maximum atomic E-state index is 6.02. The molecule has 2 heterocycles. The van der Waals surface area contributed by atoms with Gasteiger partial charge in [0.15, 0.2) is 5.96 Å². The molecule has 0 radical (unpaired) electrons. The SMILES string of the molecule is CCNC(=NCC(C)Oc1cccc(Cl)c1)N1CCN(Cc2ccon2)CC1.I. The van der Waals surface area contributed by atoms with Gasteiger partial charge in [0.25, 0.3) is 0 Å². The maximum Gasteiger partial charge on any atom is 0.194 e. The van der Waals surface area contributed by atoms with Crippen LogP contribution in [0.3, 0.4) is 0 Å². The van der Waals surface area contributed by atoms with Crippen LogP contribution in [-0.4, -0.2) is 66.3 Å². The number of benzene rings is 1. The molecule has 0 spiro atoms. The molecule has 0 bridgehead atoms. The maximum absolute atomic E-state index is 6.02. The van der Waals surface area contributed by atoms with Crippen molar-refractivity contribution in [1.82, 2.24) is 20.3 Å². The zero-order valence-corrected chi connectivity index (χ0v) is 20.0. The lowest BCUT2D eigenvalue weighted by molar-refractivity contribution is 0.168. The average molecular weight is 534 g/mol. The summed E-state index contributed by atoms with van der Waals surface area (Å²) >= 11 is 6.02. The number of hydrogen-bond donors (Lipinski definition) is 1. The van der Waals surface area contributed by atoms with Crippen molar-refractivity contribution in [2.24, 2.45) is 4.99 Å². The van der Waals surface area contributed by atoms with Gasteiger partial charge in [-0.25, -0.2) is 4.99 Å². The molecular weight excluding hydrogens is 505 g/mol. The van der Waals surface area contributed by atoms with E-state index in [1.807, 2.05) is 37.3 Å². The normalized spacial score (nSPS) is 16.2. The molecule has 1 fully saturated rings. The Hall–Kier alpha value is -1.52. The van der Waals surface area contributed by atoms with Crippen LogP contribution >= 0.6 is 35.6 Å². The van der Waals surface area contributed by atoms with E-state index < -0.39 is 0 Å². The first-order valence-corrected chi connectivity index (χ1v) is 10.1. The first-order valence-electron chi connectivity index (χ1n) is 9.71. The number of piperazine rings is 1. The molecule has 160 valence electrons. The van der Waals surface area contributed by atoms with E-state index in [2.05, 4.69) is 27.2 Å². The Balaban J connectivity index is 0.00000300. The standard InChI is InChI=1S/C20H28ClN5O2.HI/c1-3-22-20(23-14-16(2)28-19-6-4-5-17(21)13-19)26-10-8-25(9-11-26)15-18-7-12-27-24-18;/h4-7,12-13,16H,3,8-11,14-15H2,1-2H3,(H,22,23);1H. The van der Waals surface area contributed by atoms with E-state index >= 15 is 0 Å². The van der Waals surface area contributed by atoms with Gasteiger partial charge in [-0.2, -0.15) is 0 Å². The number of ether oxygens (including phenoxy) is 1. The molecule has 3 rings (SSSR count). The van der Waals surface area contributed by atoms with Crippen molar-refractivity contribution in [3.8, 4) is 5.75 Å². The zero-order valence-electron chi connectivity index (χ0n) is 16.9. The van der Waals surface area contributed by atoms with Gasteiger partial charge in [-0.1, -0.05) is 22.8 Å². The van der Waals surface area contributed by atoms with Crippen LogP contribution in [0.5, 0.6) is 5.75 Å². The Morgan fingerprint density at radius 2 is 2.10 bits per heavy atom. The molecule has 0 amide bonds. The minimum atomic E-state index is -0.0411. The van der Waals surface area contributed by atoms with Crippen molar-refractivity contribution in [1.29, 1.82) is 0 Å². The molecule has 1 aromatic heterocycles. The Bertz CT molecular complexity index is 751. The van der Waals surface area contributed by atoms with Gasteiger partial charge in [0.2, 0.25) is 0 Å². The van der Waals surface area contributed by atoms with Crippen LogP contribution in [0, 0.1) is 0 Å². The fourth-order valence-corrected chi connectivity index (χ4v) is 3.30. The summed E-state index contributed by atoms with van der Waals surface area (Å²) in [5.74, 6) is 1.70. The Kier molecular flexibility index (Phi) is 10.0. The molecule has 7 nitrogen and oxygen atoms in total. The number of aliphatic imine (C=N–C) groups is 1. The number of nitrogens with one attached hydrogen (secondary N) is 1. The van der Waals surface area contributed by atoms with Gasteiger partial charge >= 0.3 is 0 Å². The summed E-state index contributed by atoms with van der Waals surface area (Å²) in [6, 6.07) is 9.37. The number of nitrogens with zero attached hydrogens (tertiary/aromatic N) is 4. The van der Waals surface area contributed by atoms with Gasteiger partial charge in [0, 0.05) is 50.4 Å². The molecule has 29 heavy (non-hydrogen) atoms. The van der Waals surface area contributed by atoms with Crippen LogP contribution in [-0.2, 0) is 6.54 Å². The first-order chi connectivity index (χ1) is 13.6. The quantitative estimate of drug-likeness (QED) is 0.334. The van der Waals surface area contributed by atoms with E-state index in [9.17, 15) is 0 Å². The highest BCUT2D eigenvalue weighted by Crippen LogP contribution is 2.18. The summed E-state index contributed by atoms with van der Waals surface area (Å²) in [4.78, 5) is 9.46. The van der Waals surface area contributed by atoms with Gasteiger partial charge in [0.05, 0.1) is 12.2 Å². The molecular formula is C20H29ClIN5O2. The van der Waals surface area contributed by atoms with Crippen molar-refractivity contribution >= 4 is 41.5 Å². The summed E-state index contributed by atoms with van der Waals surface area (Å²) < 4.78 is 10.8. The predicted molar refractivity (Wildman–Crippen MR) is 126 cm³/mol. The third-order valence-electron chi connectivity index (χ3n) is 4.52. The largest absolute Gasteiger partial charge is 0.489 e. The lowest BCUT2D eigenvalue weighted by Gasteiger charge is -2.36. The topological polar surface area (TPSA) is 66.1 Å². The zero-order chi connectivity index (χ0) is 19.8. The monoisotopic (exact) mass is 533 g/mol. The predicted octanol–water partition coefficient (Wildman–Crippen LogP) is 3.50. The summed E-state index contributed by atoms with van der Waals surface area (Å²) in [5, 5.41) is 8.06. The van der Waals surface area contributed by atoms with E-state index in [0.717, 1.165) is 56.7 Å². The van der Waals surface area contributed by atoms with E-state index in [1.165, 1.54) is 0 Å². The van der Waals surface area contributed by atoms with E-state index in [-0.39, 0.29) is 30.1 Å². The second kappa shape index (κ2) is 12.2. The highest BCUT2D eigenvalue weighted by atomic mass is 127. The van der Waals surface area contributed by atoms with Crippen molar-refractivity contribution < 1.29 is 9.26 Å². The Morgan fingerprint density at radius 1 is 1.31 bits per heavy atom. The molecule has 2 aromatic rings. The number of hydrogen-bond acceptors (Lipinski definition) is 5. The van der Waals surface area contributed by atoms with Crippen LogP contribution in [0.2, 0.25) is 5.02 Å². The van der Waals surface area contributed by atoms with Crippen LogP contribution in [0.15, 0.2) is 46.1 Å². The van der Waals surface area contributed by atoms with Crippen LogP contribution in [0.4, 0.5) is 0 Å². The highest BCUT2D eigenvalue weighted by molar-refractivity contribution is 14.0. The smallest absolute Gasteiger partial charge is 0.194 e. The highest BCUT2D eigenvalue weighted by Gasteiger charge is 2.20. The van der Waals surface area contributed by atoms with Gasteiger partial charge in [-0.05, 0) is 32.0 Å². The molecule has 0 saturated carbocycles. The van der Waals surface area contributed by atoms with Gasteiger partial charge in [0.1, 0.15) is 18.1 Å². The first kappa shape index (κ1) is 23.8. The van der Waals surface area contributed by atoms with Crippen molar-refractivity contribution in [2.45, 2.75) is 26.5 Å². The number of rotatable bonds is 7. The molecule has 1 saturated heterocycles. The molecule has 1 aromatic carbocycles. The van der Waals surface area contributed by atoms with Crippen molar-refractivity contribution in [3.63, 3.8) is 0 Å². The fraction of sp³-hybridized carbons (Fsp3) is 0.500. The van der Waals surface area contributed by atoms with Crippen molar-refractivity contribution in [3.05, 3.63) is 47.3 Å². The number of guanidine groups is 1. The third kappa shape index (κ3) is 7.67. The minimum absolute atomic E-state index is 0. The summed E-state index contributed by atoms with van der Waals surface area (Å²) in [6.45, 7) is 10.1. The molecule has 1 aliphatic heterocycles. The molecule has 9 heteroatoms. The lowest BCUT2D eigenvalue weighted by Crippen LogP contribution is -2.52. The van der Waals surface area contributed by atoms with Crippen molar-refractivity contribution in [2.75, 3.05) is 39.3 Å². The minimum Gasteiger partial charge on any atom is -0.489 e. The molecule has 1 unspecified atom stereocenters. The van der Waals surface area contributed by atoms with Crippen LogP contribution < -0.4 is 10.1 Å². The lowest BCUT2D eigenvalue weighted by atomic mass is 10.3. The molecule has 0 aliphatic carbocycles. The Labute approximate surface area is 194 Å².